The van der Waals surface area contributed by atoms with E-state index in [1.807, 2.05) is 53.7 Å². The Balaban J connectivity index is 1.65. The predicted octanol–water partition coefficient (Wildman–Crippen LogP) is 3.46. The zero-order valence-corrected chi connectivity index (χ0v) is 25.4. The smallest absolute Gasteiger partial charge is 0.328 e. The first kappa shape index (κ1) is 30.6. The Hall–Kier alpha value is -4.35. The Bertz CT molecular complexity index is 1440. The van der Waals surface area contributed by atoms with Crippen molar-refractivity contribution in [3.05, 3.63) is 42.7 Å². The number of methoxy groups -OCH3 is 2. The molecule has 0 unspecified atom stereocenters. The standard InChI is InChI=1S/C30H40N6O6/c1-29(2,3)25(33-28(39)34-30(4,5)6)26(37)35-17-19(15-22(35)27(38)41-8)42-23-16-24(36-13-9-12-31-36)32-21-14-18(40-7)10-11-20(21)23/h9-14,16,19,22,25H,15,17H2,1-8H3,(H2,33,34,39)/t19-,22+,25-/m1/s1. The Morgan fingerprint density at radius 2 is 1.81 bits per heavy atom. The minimum absolute atomic E-state index is 0.116. The number of nitrogens with one attached hydrogen (secondary N) is 2. The van der Waals surface area contributed by atoms with Gasteiger partial charge in [-0.05, 0) is 44.4 Å². The molecule has 0 aliphatic carbocycles. The number of esters is 1. The summed E-state index contributed by atoms with van der Waals surface area (Å²) in [4.78, 5) is 45.8. The Morgan fingerprint density at radius 1 is 1.07 bits per heavy atom. The predicted molar refractivity (Wildman–Crippen MR) is 157 cm³/mol. The molecule has 1 saturated heterocycles. The third kappa shape index (κ3) is 6.92. The molecule has 0 radical (unpaired) electrons. The maximum atomic E-state index is 14.0. The first-order valence-electron chi connectivity index (χ1n) is 13.8. The molecular weight excluding hydrogens is 540 g/mol. The second-order valence-corrected chi connectivity index (χ2v) is 12.5. The van der Waals surface area contributed by atoms with Crippen LogP contribution < -0.4 is 20.1 Å². The van der Waals surface area contributed by atoms with Gasteiger partial charge in [0.2, 0.25) is 5.91 Å². The number of fused-ring (bicyclic) bond motifs is 1. The number of hydrogen-bond donors (Lipinski definition) is 2. The summed E-state index contributed by atoms with van der Waals surface area (Å²) in [5.41, 5.74) is -0.511. The minimum Gasteiger partial charge on any atom is -0.497 e. The topological polar surface area (TPSA) is 137 Å². The summed E-state index contributed by atoms with van der Waals surface area (Å²) in [5.74, 6) is 0.745. The third-order valence-electron chi connectivity index (χ3n) is 6.89. The highest BCUT2D eigenvalue weighted by Gasteiger charge is 2.46. The average molecular weight is 581 g/mol. The van der Waals surface area contributed by atoms with Crippen molar-refractivity contribution in [1.82, 2.24) is 30.3 Å². The van der Waals surface area contributed by atoms with Crippen LogP contribution >= 0.6 is 0 Å². The van der Waals surface area contributed by atoms with Crippen molar-refractivity contribution in [1.29, 1.82) is 0 Å². The number of rotatable bonds is 7. The van der Waals surface area contributed by atoms with Crippen LogP contribution in [0.3, 0.4) is 0 Å². The number of hydrogen-bond acceptors (Lipinski definition) is 8. The van der Waals surface area contributed by atoms with Crippen LogP contribution in [0.4, 0.5) is 4.79 Å². The fourth-order valence-corrected chi connectivity index (χ4v) is 4.90. The largest absolute Gasteiger partial charge is 0.497 e. The molecule has 1 aliphatic rings. The molecule has 3 aromatic rings. The van der Waals surface area contributed by atoms with Crippen LogP contribution in [-0.4, -0.2) is 82.1 Å². The molecule has 3 heterocycles. The summed E-state index contributed by atoms with van der Waals surface area (Å²) in [5, 5.41) is 10.7. The molecule has 4 rings (SSSR count). The lowest BCUT2D eigenvalue weighted by Crippen LogP contribution is -2.60. The Kier molecular flexibility index (Phi) is 8.65. The Labute approximate surface area is 245 Å². The molecular formula is C30H40N6O6. The van der Waals surface area contributed by atoms with Crippen molar-refractivity contribution < 1.29 is 28.6 Å². The van der Waals surface area contributed by atoms with Crippen molar-refractivity contribution in [2.45, 2.75) is 71.7 Å². The fourth-order valence-electron chi connectivity index (χ4n) is 4.90. The van der Waals surface area contributed by atoms with Gasteiger partial charge in [-0.3, -0.25) is 4.79 Å². The van der Waals surface area contributed by atoms with Crippen LogP contribution in [0.25, 0.3) is 16.7 Å². The van der Waals surface area contributed by atoms with E-state index < -0.39 is 47.0 Å². The van der Waals surface area contributed by atoms with Gasteiger partial charge in [0, 0.05) is 41.9 Å². The van der Waals surface area contributed by atoms with Crippen molar-refractivity contribution >= 4 is 28.8 Å². The van der Waals surface area contributed by atoms with Crippen LogP contribution in [0.15, 0.2) is 42.7 Å². The highest BCUT2D eigenvalue weighted by Crippen LogP contribution is 2.33. The van der Waals surface area contributed by atoms with Gasteiger partial charge in [-0.1, -0.05) is 20.8 Å². The van der Waals surface area contributed by atoms with Gasteiger partial charge in [0.25, 0.3) is 0 Å². The summed E-state index contributed by atoms with van der Waals surface area (Å²) in [7, 11) is 2.87. The van der Waals surface area contributed by atoms with Gasteiger partial charge in [-0.2, -0.15) is 5.10 Å². The van der Waals surface area contributed by atoms with E-state index in [1.54, 1.807) is 42.4 Å². The number of ether oxygens (including phenoxy) is 3. The number of nitrogens with zero attached hydrogens (tertiary/aromatic N) is 4. The van der Waals surface area contributed by atoms with E-state index in [9.17, 15) is 14.4 Å². The van der Waals surface area contributed by atoms with E-state index in [-0.39, 0.29) is 13.0 Å². The molecule has 2 N–H and O–H groups in total. The second-order valence-electron chi connectivity index (χ2n) is 12.5. The molecule has 0 spiro atoms. The van der Waals surface area contributed by atoms with Crippen LogP contribution in [0.5, 0.6) is 11.5 Å². The van der Waals surface area contributed by atoms with Gasteiger partial charge >= 0.3 is 12.0 Å². The first-order valence-corrected chi connectivity index (χ1v) is 13.8. The molecule has 0 saturated carbocycles. The zero-order valence-electron chi connectivity index (χ0n) is 25.4. The van der Waals surface area contributed by atoms with Crippen LogP contribution in [0.1, 0.15) is 48.0 Å². The SMILES string of the molecule is COC(=O)[C@@H]1C[C@@H](Oc2cc(-n3cccn3)nc3cc(OC)ccc23)CN1C(=O)[C@@H](NC(=O)NC(C)(C)C)C(C)(C)C. The van der Waals surface area contributed by atoms with Crippen molar-refractivity contribution in [3.8, 4) is 17.3 Å². The quantitative estimate of drug-likeness (QED) is 0.406. The van der Waals surface area contributed by atoms with E-state index in [0.717, 1.165) is 5.39 Å². The van der Waals surface area contributed by atoms with E-state index in [0.29, 0.717) is 22.8 Å². The van der Waals surface area contributed by atoms with Gasteiger partial charge in [0.1, 0.15) is 29.7 Å². The summed E-state index contributed by atoms with van der Waals surface area (Å²) in [6.45, 7) is 11.3. The molecule has 3 atom stereocenters. The van der Waals surface area contributed by atoms with E-state index in [4.69, 9.17) is 19.2 Å². The van der Waals surface area contributed by atoms with Crippen molar-refractivity contribution in [2.24, 2.45) is 5.41 Å². The molecule has 226 valence electrons. The monoisotopic (exact) mass is 580 g/mol. The van der Waals surface area contributed by atoms with Gasteiger partial charge in [0.05, 0.1) is 26.3 Å². The molecule has 3 amide bonds. The van der Waals surface area contributed by atoms with E-state index >= 15 is 0 Å². The number of carbonyl (C=O) groups is 3. The number of pyridine rings is 1. The number of amides is 3. The lowest BCUT2D eigenvalue weighted by atomic mass is 9.85. The number of urea groups is 1. The summed E-state index contributed by atoms with van der Waals surface area (Å²) < 4.78 is 18.6. The molecule has 1 aliphatic heterocycles. The first-order chi connectivity index (χ1) is 19.7. The molecule has 42 heavy (non-hydrogen) atoms. The van der Waals surface area contributed by atoms with Gasteiger partial charge < -0.3 is 29.7 Å². The molecule has 1 fully saturated rings. The van der Waals surface area contributed by atoms with E-state index in [1.165, 1.54) is 12.0 Å². The van der Waals surface area contributed by atoms with Crippen LogP contribution in [0, 0.1) is 5.41 Å². The second kappa shape index (κ2) is 11.9. The van der Waals surface area contributed by atoms with Gasteiger partial charge in [-0.25, -0.2) is 19.3 Å². The maximum absolute atomic E-state index is 14.0. The molecule has 1 aromatic carbocycles. The van der Waals surface area contributed by atoms with Crippen LogP contribution in [-0.2, 0) is 14.3 Å². The highest BCUT2D eigenvalue weighted by atomic mass is 16.5. The third-order valence-corrected chi connectivity index (χ3v) is 6.89. The highest BCUT2D eigenvalue weighted by molar-refractivity contribution is 5.92. The molecule has 0 bridgehead atoms. The summed E-state index contributed by atoms with van der Waals surface area (Å²) in [6, 6.07) is 6.77. The normalized spacial score (nSPS) is 18.0. The molecule has 12 nitrogen and oxygen atoms in total. The van der Waals surface area contributed by atoms with Crippen LogP contribution in [0.2, 0.25) is 0 Å². The fraction of sp³-hybridized carbons (Fsp3) is 0.500. The zero-order chi connectivity index (χ0) is 30.8. The van der Waals surface area contributed by atoms with Gasteiger partial charge in [0.15, 0.2) is 5.82 Å². The lowest BCUT2D eigenvalue weighted by Gasteiger charge is -2.35. The number of carbonyl (C=O) groups excluding carboxylic acids is 3. The van der Waals surface area contributed by atoms with Crippen molar-refractivity contribution in [2.75, 3.05) is 20.8 Å². The Morgan fingerprint density at radius 3 is 2.40 bits per heavy atom. The molecule has 12 heteroatoms. The van der Waals surface area contributed by atoms with Crippen molar-refractivity contribution in [3.63, 3.8) is 0 Å². The number of aromatic nitrogens is 3. The maximum Gasteiger partial charge on any atom is 0.328 e. The number of likely N-dealkylation sites (tertiary alicyclic amines) is 1. The molecule has 2 aromatic heterocycles. The summed E-state index contributed by atoms with van der Waals surface area (Å²) in [6.07, 6.45) is 3.10. The lowest BCUT2D eigenvalue weighted by molar-refractivity contribution is -0.152. The minimum atomic E-state index is -0.911. The van der Waals surface area contributed by atoms with Gasteiger partial charge in [-0.15, -0.1) is 0 Å². The average Bonchev–Trinajstić information content (AvgIpc) is 3.59. The number of benzene rings is 1. The van der Waals surface area contributed by atoms with E-state index in [2.05, 4.69) is 15.7 Å². The summed E-state index contributed by atoms with van der Waals surface area (Å²) >= 11 is 0.